The standard InChI is InChI=1S/C23H25NO/c1-24(2)15-16-25-23-21-10-6-4-8-18(21)12-14-19-13-11-17-7-3-5-9-20(17)22(19)23/h3-11,13,23H,12,14-16H2,1-2H3/p+1/t23-/m0/s1. The SMILES string of the molecule is C[NH+](C)CCO[C@H]1c2ccccc2CCc2ccc3ccccc3c21. The van der Waals surface area contributed by atoms with Crippen molar-refractivity contribution in [3.63, 3.8) is 0 Å². The van der Waals surface area contributed by atoms with E-state index in [4.69, 9.17) is 4.74 Å². The normalized spacial score (nSPS) is 16.5. The molecule has 1 aliphatic carbocycles. The lowest BCUT2D eigenvalue weighted by molar-refractivity contribution is -0.858. The Bertz CT molecular complexity index is 884. The first-order valence-electron chi connectivity index (χ1n) is 9.23. The van der Waals surface area contributed by atoms with E-state index in [9.17, 15) is 0 Å². The first-order valence-corrected chi connectivity index (χ1v) is 9.23. The number of aryl methyl sites for hydroxylation is 2. The third-order valence-electron chi connectivity index (χ3n) is 5.21. The Hall–Kier alpha value is -2.16. The number of fused-ring (bicyclic) bond motifs is 4. The van der Waals surface area contributed by atoms with Gasteiger partial charge in [-0.15, -0.1) is 0 Å². The van der Waals surface area contributed by atoms with E-state index in [1.807, 2.05) is 0 Å². The molecule has 0 fully saturated rings. The van der Waals surface area contributed by atoms with E-state index in [-0.39, 0.29) is 6.10 Å². The molecular formula is C23H26NO+. The molecule has 2 heteroatoms. The second-order valence-electron chi connectivity index (χ2n) is 7.27. The Balaban J connectivity index is 1.86. The van der Waals surface area contributed by atoms with Gasteiger partial charge in [-0.1, -0.05) is 60.7 Å². The Morgan fingerprint density at radius 2 is 1.64 bits per heavy atom. The van der Waals surface area contributed by atoms with Crippen molar-refractivity contribution in [2.45, 2.75) is 18.9 Å². The first kappa shape index (κ1) is 16.3. The van der Waals surface area contributed by atoms with Crippen molar-refractivity contribution in [3.05, 3.63) is 82.9 Å². The number of ether oxygens (including phenoxy) is 1. The summed E-state index contributed by atoms with van der Waals surface area (Å²) in [4.78, 5) is 1.42. The number of likely N-dealkylation sites (N-methyl/N-ethyl adjacent to an activating group) is 1. The molecule has 0 unspecified atom stereocenters. The zero-order chi connectivity index (χ0) is 17.2. The third kappa shape index (κ3) is 3.20. The predicted molar refractivity (Wildman–Crippen MR) is 103 cm³/mol. The summed E-state index contributed by atoms with van der Waals surface area (Å²) >= 11 is 0. The van der Waals surface area contributed by atoms with Crippen LogP contribution in [0.15, 0.2) is 60.7 Å². The number of nitrogens with one attached hydrogen (secondary N) is 1. The van der Waals surface area contributed by atoms with Crippen molar-refractivity contribution >= 4 is 10.8 Å². The van der Waals surface area contributed by atoms with Crippen LogP contribution < -0.4 is 4.90 Å². The van der Waals surface area contributed by atoms with Gasteiger partial charge in [0.1, 0.15) is 12.6 Å². The smallest absolute Gasteiger partial charge is 0.109 e. The molecule has 25 heavy (non-hydrogen) atoms. The molecule has 0 spiro atoms. The summed E-state index contributed by atoms with van der Waals surface area (Å²) in [5.41, 5.74) is 5.56. The molecule has 0 radical (unpaired) electrons. The van der Waals surface area contributed by atoms with Gasteiger partial charge < -0.3 is 9.64 Å². The molecule has 3 aromatic rings. The average molecular weight is 332 g/mol. The van der Waals surface area contributed by atoms with E-state index in [0.29, 0.717) is 0 Å². The quantitative estimate of drug-likeness (QED) is 0.775. The minimum atomic E-state index is 0.0270. The summed E-state index contributed by atoms with van der Waals surface area (Å²) in [6.07, 6.45) is 2.19. The van der Waals surface area contributed by atoms with Gasteiger partial charge in [0.2, 0.25) is 0 Å². The molecular weight excluding hydrogens is 306 g/mol. The van der Waals surface area contributed by atoms with Gasteiger partial charge in [-0.25, -0.2) is 0 Å². The minimum absolute atomic E-state index is 0.0270. The van der Waals surface area contributed by atoms with Crippen molar-refractivity contribution in [1.29, 1.82) is 0 Å². The summed E-state index contributed by atoms with van der Waals surface area (Å²) < 4.78 is 6.51. The molecule has 0 saturated carbocycles. The monoisotopic (exact) mass is 332 g/mol. The fourth-order valence-electron chi connectivity index (χ4n) is 3.86. The third-order valence-corrected chi connectivity index (χ3v) is 5.21. The maximum atomic E-state index is 6.51. The van der Waals surface area contributed by atoms with E-state index in [1.54, 1.807) is 0 Å². The zero-order valence-electron chi connectivity index (χ0n) is 15.1. The van der Waals surface area contributed by atoms with Gasteiger partial charge in [0.05, 0.1) is 20.7 Å². The molecule has 0 amide bonds. The van der Waals surface area contributed by atoms with E-state index in [1.165, 1.54) is 37.9 Å². The maximum Gasteiger partial charge on any atom is 0.109 e. The van der Waals surface area contributed by atoms with Gasteiger partial charge in [0.15, 0.2) is 0 Å². The Kier molecular flexibility index (Phi) is 4.56. The molecule has 3 aromatic carbocycles. The van der Waals surface area contributed by atoms with Crippen LogP contribution in [0.2, 0.25) is 0 Å². The number of rotatable bonds is 4. The first-order chi connectivity index (χ1) is 12.2. The zero-order valence-corrected chi connectivity index (χ0v) is 15.1. The minimum Gasteiger partial charge on any atom is -0.363 e. The number of quaternary nitrogens is 1. The molecule has 0 aromatic heterocycles. The summed E-state index contributed by atoms with van der Waals surface area (Å²) in [5.74, 6) is 0. The molecule has 0 bridgehead atoms. The van der Waals surface area contributed by atoms with Crippen LogP contribution in [0.5, 0.6) is 0 Å². The van der Waals surface area contributed by atoms with E-state index in [0.717, 1.165) is 26.0 Å². The Morgan fingerprint density at radius 1 is 0.880 bits per heavy atom. The van der Waals surface area contributed by atoms with Crippen molar-refractivity contribution in [1.82, 2.24) is 0 Å². The molecule has 4 rings (SSSR count). The molecule has 0 saturated heterocycles. The lowest BCUT2D eigenvalue weighted by Gasteiger charge is -2.23. The highest BCUT2D eigenvalue weighted by molar-refractivity contribution is 5.87. The highest BCUT2D eigenvalue weighted by Crippen LogP contribution is 2.39. The Labute approximate surface area is 150 Å². The summed E-state index contributed by atoms with van der Waals surface area (Å²) in [6, 6.07) is 22.1. The van der Waals surface area contributed by atoms with Crippen LogP contribution in [-0.4, -0.2) is 27.2 Å². The van der Waals surface area contributed by atoms with Crippen LogP contribution in [-0.2, 0) is 17.6 Å². The molecule has 1 atom stereocenters. The highest BCUT2D eigenvalue weighted by Gasteiger charge is 2.26. The van der Waals surface area contributed by atoms with E-state index >= 15 is 0 Å². The van der Waals surface area contributed by atoms with Crippen LogP contribution in [0.3, 0.4) is 0 Å². The molecule has 1 N–H and O–H groups in total. The summed E-state index contributed by atoms with van der Waals surface area (Å²) in [5, 5.41) is 2.63. The van der Waals surface area contributed by atoms with Gasteiger partial charge in [-0.3, -0.25) is 0 Å². The van der Waals surface area contributed by atoms with Crippen LogP contribution in [0.1, 0.15) is 28.4 Å². The summed E-state index contributed by atoms with van der Waals surface area (Å²) in [6.45, 7) is 1.78. The average Bonchev–Trinajstić information content (AvgIpc) is 2.79. The van der Waals surface area contributed by atoms with Crippen molar-refractivity contribution < 1.29 is 9.64 Å². The van der Waals surface area contributed by atoms with Crippen molar-refractivity contribution in [2.24, 2.45) is 0 Å². The number of hydrogen-bond donors (Lipinski definition) is 1. The fraction of sp³-hybridized carbons (Fsp3) is 0.304. The second-order valence-corrected chi connectivity index (χ2v) is 7.27. The number of benzene rings is 3. The molecule has 128 valence electrons. The van der Waals surface area contributed by atoms with E-state index in [2.05, 4.69) is 74.8 Å². The van der Waals surface area contributed by atoms with Gasteiger partial charge in [-0.2, -0.15) is 0 Å². The summed E-state index contributed by atoms with van der Waals surface area (Å²) in [7, 11) is 4.35. The lowest BCUT2D eigenvalue weighted by atomic mass is 9.92. The van der Waals surface area contributed by atoms with Gasteiger partial charge in [-0.05, 0) is 45.9 Å². The second kappa shape index (κ2) is 6.99. The van der Waals surface area contributed by atoms with Crippen LogP contribution in [0.4, 0.5) is 0 Å². The van der Waals surface area contributed by atoms with Gasteiger partial charge >= 0.3 is 0 Å². The van der Waals surface area contributed by atoms with E-state index < -0.39 is 0 Å². The van der Waals surface area contributed by atoms with Gasteiger partial charge in [0, 0.05) is 0 Å². The topological polar surface area (TPSA) is 13.7 Å². The Morgan fingerprint density at radius 3 is 2.52 bits per heavy atom. The number of hydrogen-bond acceptors (Lipinski definition) is 1. The van der Waals surface area contributed by atoms with Crippen LogP contribution in [0.25, 0.3) is 10.8 Å². The fourth-order valence-corrected chi connectivity index (χ4v) is 3.86. The lowest BCUT2D eigenvalue weighted by Crippen LogP contribution is -3.06. The van der Waals surface area contributed by atoms with Gasteiger partial charge in [0.25, 0.3) is 0 Å². The van der Waals surface area contributed by atoms with Crippen LogP contribution in [0, 0.1) is 0 Å². The van der Waals surface area contributed by atoms with Crippen molar-refractivity contribution in [2.75, 3.05) is 27.2 Å². The highest BCUT2D eigenvalue weighted by atomic mass is 16.5. The molecule has 0 heterocycles. The largest absolute Gasteiger partial charge is 0.363 e. The predicted octanol–water partition coefficient (Wildman–Crippen LogP) is 3.19. The van der Waals surface area contributed by atoms with Crippen molar-refractivity contribution in [3.8, 4) is 0 Å². The molecule has 1 aliphatic rings. The van der Waals surface area contributed by atoms with Crippen LogP contribution >= 0.6 is 0 Å². The molecule has 0 aliphatic heterocycles. The maximum absolute atomic E-state index is 6.51. The molecule has 2 nitrogen and oxygen atoms in total.